The number of pyridine rings is 1. The summed E-state index contributed by atoms with van der Waals surface area (Å²) >= 11 is 0. The van der Waals surface area contributed by atoms with Gasteiger partial charge in [0.2, 0.25) is 0 Å². The van der Waals surface area contributed by atoms with Crippen LogP contribution in [0.3, 0.4) is 0 Å². The number of carboxylic acid groups (broad SMARTS) is 1. The minimum Gasteiger partial charge on any atom is -0.491 e. The first-order chi connectivity index (χ1) is 9.65. The number of hydrogen-bond acceptors (Lipinski definition) is 4. The molecule has 1 aromatic carbocycles. The fraction of sp³-hybridized carbons (Fsp3) is 0.143. The molecule has 0 saturated heterocycles. The first-order valence-corrected chi connectivity index (χ1v) is 6.02. The molecule has 2 aromatic rings. The fourth-order valence-electron chi connectivity index (χ4n) is 2.16. The molecule has 1 aromatic heterocycles. The molecule has 1 unspecified atom stereocenters. The molecule has 1 aliphatic heterocycles. The van der Waals surface area contributed by atoms with Gasteiger partial charge in [0.15, 0.2) is 0 Å². The van der Waals surface area contributed by atoms with E-state index < -0.39 is 11.8 Å². The molecular formula is C14H11FN2O3. The van der Waals surface area contributed by atoms with Crippen LogP contribution in [-0.2, 0) is 0 Å². The lowest BCUT2D eigenvalue weighted by molar-refractivity contribution is 0.0697. The van der Waals surface area contributed by atoms with E-state index in [1.807, 2.05) is 24.3 Å². The molecule has 0 fully saturated rings. The van der Waals surface area contributed by atoms with Crippen molar-refractivity contribution < 1.29 is 19.0 Å². The average molecular weight is 274 g/mol. The number of benzene rings is 1. The molecule has 0 bridgehead atoms. The van der Waals surface area contributed by atoms with Gasteiger partial charge in [-0.1, -0.05) is 18.2 Å². The van der Waals surface area contributed by atoms with Gasteiger partial charge in [-0.3, -0.25) is 0 Å². The Kier molecular flexibility index (Phi) is 2.98. The van der Waals surface area contributed by atoms with Crippen molar-refractivity contribution in [3.05, 3.63) is 53.5 Å². The second-order valence-electron chi connectivity index (χ2n) is 4.40. The summed E-state index contributed by atoms with van der Waals surface area (Å²) in [6.07, 6.45) is 0.983. The number of carboxylic acids is 1. The molecule has 1 aliphatic rings. The van der Waals surface area contributed by atoms with Crippen molar-refractivity contribution in [2.24, 2.45) is 0 Å². The average Bonchev–Trinajstić information content (AvgIpc) is 2.84. The standard InChI is InChI=1S/C14H11FN2O3/c15-8-5-10(14(18)19)13(16-6-8)17-11-7-20-12-4-2-1-3-9(11)12/h1-6,11H,7H2,(H,16,17)(H,18,19). The van der Waals surface area contributed by atoms with Gasteiger partial charge < -0.3 is 15.2 Å². The molecule has 2 N–H and O–H groups in total. The Morgan fingerprint density at radius 1 is 1.45 bits per heavy atom. The van der Waals surface area contributed by atoms with Gasteiger partial charge in [-0.05, 0) is 12.1 Å². The number of anilines is 1. The monoisotopic (exact) mass is 274 g/mol. The van der Waals surface area contributed by atoms with Crippen LogP contribution in [0.5, 0.6) is 5.75 Å². The summed E-state index contributed by atoms with van der Waals surface area (Å²) in [6, 6.07) is 8.21. The van der Waals surface area contributed by atoms with Crippen molar-refractivity contribution in [2.45, 2.75) is 6.04 Å². The van der Waals surface area contributed by atoms with E-state index in [-0.39, 0.29) is 17.4 Å². The van der Waals surface area contributed by atoms with E-state index in [9.17, 15) is 9.18 Å². The number of para-hydroxylation sites is 1. The van der Waals surface area contributed by atoms with E-state index in [1.165, 1.54) is 0 Å². The van der Waals surface area contributed by atoms with Crippen LogP contribution >= 0.6 is 0 Å². The van der Waals surface area contributed by atoms with Gasteiger partial charge in [0.05, 0.1) is 12.2 Å². The van der Waals surface area contributed by atoms with E-state index >= 15 is 0 Å². The summed E-state index contributed by atoms with van der Waals surface area (Å²) in [5, 5.41) is 12.1. The van der Waals surface area contributed by atoms with Gasteiger partial charge in [0, 0.05) is 5.56 Å². The number of rotatable bonds is 3. The number of nitrogens with one attached hydrogen (secondary N) is 1. The predicted molar refractivity (Wildman–Crippen MR) is 69.5 cm³/mol. The minimum absolute atomic E-state index is 0.129. The number of nitrogens with zero attached hydrogens (tertiary/aromatic N) is 1. The van der Waals surface area contributed by atoms with Gasteiger partial charge in [0.1, 0.15) is 29.6 Å². The Balaban J connectivity index is 1.92. The summed E-state index contributed by atoms with van der Waals surface area (Å²) in [6.45, 7) is 0.372. The normalized spacial score (nSPS) is 16.4. The number of ether oxygens (including phenoxy) is 1. The highest BCUT2D eigenvalue weighted by molar-refractivity contribution is 5.93. The van der Waals surface area contributed by atoms with Crippen LogP contribution in [0.4, 0.5) is 10.2 Å². The van der Waals surface area contributed by atoms with Gasteiger partial charge >= 0.3 is 5.97 Å². The number of carbonyl (C=O) groups is 1. The first kappa shape index (κ1) is 12.4. The van der Waals surface area contributed by atoms with Gasteiger partial charge in [-0.2, -0.15) is 0 Å². The highest BCUT2D eigenvalue weighted by Crippen LogP contribution is 2.34. The molecule has 1 atom stereocenters. The molecule has 5 nitrogen and oxygen atoms in total. The van der Waals surface area contributed by atoms with Crippen LogP contribution in [-0.4, -0.2) is 22.7 Å². The number of aromatic carboxylic acids is 1. The third-order valence-electron chi connectivity index (χ3n) is 3.10. The summed E-state index contributed by atoms with van der Waals surface area (Å²) in [7, 11) is 0. The van der Waals surface area contributed by atoms with Crippen LogP contribution in [0.15, 0.2) is 36.5 Å². The number of halogens is 1. The Hall–Kier alpha value is -2.63. The molecule has 0 aliphatic carbocycles. The first-order valence-electron chi connectivity index (χ1n) is 6.02. The molecule has 0 amide bonds. The zero-order valence-corrected chi connectivity index (χ0v) is 10.3. The van der Waals surface area contributed by atoms with Crippen LogP contribution < -0.4 is 10.1 Å². The SMILES string of the molecule is O=C(O)c1cc(F)cnc1NC1COc2ccccc21. The van der Waals surface area contributed by atoms with E-state index in [0.29, 0.717) is 6.61 Å². The van der Waals surface area contributed by atoms with Crippen molar-refractivity contribution in [1.29, 1.82) is 0 Å². The van der Waals surface area contributed by atoms with Gasteiger partial charge in [-0.15, -0.1) is 0 Å². The van der Waals surface area contributed by atoms with Gasteiger partial charge in [0.25, 0.3) is 0 Å². The number of hydrogen-bond donors (Lipinski definition) is 2. The van der Waals surface area contributed by atoms with Crippen molar-refractivity contribution in [3.63, 3.8) is 0 Å². The van der Waals surface area contributed by atoms with Crippen molar-refractivity contribution in [2.75, 3.05) is 11.9 Å². The third kappa shape index (κ3) is 2.16. The van der Waals surface area contributed by atoms with E-state index in [1.54, 1.807) is 0 Å². The summed E-state index contributed by atoms with van der Waals surface area (Å²) < 4.78 is 18.6. The Bertz CT molecular complexity index is 675. The van der Waals surface area contributed by atoms with E-state index in [4.69, 9.17) is 9.84 Å². The Morgan fingerprint density at radius 3 is 3.05 bits per heavy atom. The second kappa shape index (κ2) is 4.80. The fourth-order valence-corrected chi connectivity index (χ4v) is 2.16. The maximum Gasteiger partial charge on any atom is 0.339 e. The third-order valence-corrected chi connectivity index (χ3v) is 3.10. The molecule has 20 heavy (non-hydrogen) atoms. The highest BCUT2D eigenvalue weighted by Gasteiger charge is 2.25. The zero-order chi connectivity index (χ0) is 14.1. The van der Waals surface area contributed by atoms with Crippen LogP contribution in [0.25, 0.3) is 0 Å². The van der Waals surface area contributed by atoms with Crippen molar-refractivity contribution in [3.8, 4) is 5.75 Å². The molecule has 3 rings (SSSR count). The number of aromatic nitrogens is 1. The van der Waals surface area contributed by atoms with Crippen LogP contribution in [0.1, 0.15) is 22.0 Å². The second-order valence-corrected chi connectivity index (χ2v) is 4.40. The number of fused-ring (bicyclic) bond motifs is 1. The molecule has 6 heteroatoms. The molecule has 2 heterocycles. The molecule has 0 radical (unpaired) electrons. The summed E-state index contributed by atoms with van der Waals surface area (Å²) in [5.74, 6) is -1.03. The largest absolute Gasteiger partial charge is 0.491 e. The maximum atomic E-state index is 13.1. The van der Waals surface area contributed by atoms with Crippen LogP contribution in [0, 0.1) is 5.82 Å². The lowest BCUT2D eigenvalue weighted by Gasteiger charge is -2.14. The molecule has 102 valence electrons. The quantitative estimate of drug-likeness (QED) is 0.899. The smallest absolute Gasteiger partial charge is 0.339 e. The Labute approximate surface area is 114 Å². The summed E-state index contributed by atoms with van der Waals surface area (Å²) in [5.41, 5.74) is 0.726. The lowest BCUT2D eigenvalue weighted by Crippen LogP contribution is -2.16. The molecular weight excluding hydrogens is 263 g/mol. The highest BCUT2D eigenvalue weighted by atomic mass is 19.1. The maximum absolute atomic E-state index is 13.1. The Morgan fingerprint density at radius 2 is 2.25 bits per heavy atom. The lowest BCUT2D eigenvalue weighted by atomic mass is 10.1. The minimum atomic E-state index is -1.23. The molecule has 0 spiro atoms. The van der Waals surface area contributed by atoms with Gasteiger partial charge in [-0.25, -0.2) is 14.2 Å². The van der Waals surface area contributed by atoms with Crippen LogP contribution in [0.2, 0.25) is 0 Å². The zero-order valence-electron chi connectivity index (χ0n) is 10.3. The van der Waals surface area contributed by atoms with Crippen molar-refractivity contribution in [1.82, 2.24) is 4.98 Å². The van der Waals surface area contributed by atoms with E-state index in [0.717, 1.165) is 23.6 Å². The summed E-state index contributed by atoms with van der Waals surface area (Å²) in [4.78, 5) is 14.9. The topological polar surface area (TPSA) is 71.5 Å². The van der Waals surface area contributed by atoms with Crippen molar-refractivity contribution >= 4 is 11.8 Å². The van der Waals surface area contributed by atoms with E-state index in [2.05, 4.69) is 10.3 Å². The molecule has 0 saturated carbocycles. The predicted octanol–water partition coefficient (Wildman–Crippen LogP) is 2.46.